The summed E-state index contributed by atoms with van der Waals surface area (Å²) in [6, 6.07) is 4.32. The summed E-state index contributed by atoms with van der Waals surface area (Å²) in [6.45, 7) is 4.54. The van der Waals surface area contributed by atoms with Crippen LogP contribution >= 0.6 is 0 Å². The lowest BCUT2D eigenvalue weighted by Crippen LogP contribution is -2.25. The number of hydrogen-bond acceptors (Lipinski definition) is 3. The molecule has 0 atom stereocenters. The minimum atomic E-state index is -2.80. The van der Waals surface area contributed by atoms with Gasteiger partial charge in [-0.15, -0.1) is 0 Å². The van der Waals surface area contributed by atoms with Crippen molar-refractivity contribution in [3.05, 3.63) is 0 Å². The third-order valence-corrected chi connectivity index (χ3v) is 6.96. The molecule has 0 saturated carbocycles. The van der Waals surface area contributed by atoms with Crippen molar-refractivity contribution in [1.29, 1.82) is 5.26 Å². The first-order valence-corrected chi connectivity index (χ1v) is 10.8. The van der Waals surface area contributed by atoms with E-state index in [9.17, 15) is 8.42 Å². The SMILES string of the molecule is C[Si](C)(CCCC#N)CCCS(C)(=O)=O. The Hall–Kier alpha value is -0.343. The Morgan fingerprint density at radius 2 is 1.73 bits per heavy atom. The maximum Gasteiger partial charge on any atom is 0.147 e. The van der Waals surface area contributed by atoms with E-state index in [1.54, 1.807) is 0 Å². The predicted molar refractivity (Wildman–Crippen MR) is 66.3 cm³/mol. The maximum atomic E-state index is 10.9. The van der Waals surface area contributed by atoms with E-state index in [4.69, 9.17) is 5.26 Å². The van der Waals surface area contributed by atoms with E-state index >= 15 is 0 Å². The molecule has 0 fully saturated rings. The lowest BCUT2D eigenvalue weighted by atomic mass is 10.4. The van der Waals surface area contributed by atoms with Gasteiger partial charge in [-0.25, -0.2) is 8.42 Å². The fourth-order valence-corrected chi connectivity index (χ4v) is 5.03. The van der Waals surface area contributed by atoms with Crippen LogP contribution in [0.5, 0.6) is 0 Å². The third kappa shape index (κ3) is 9.95. The second-order valence-corrected chi connectivity index (χ2v) is 12.5. The lowest BCUT2D eigenvalue weighted by Gasteiger charge is -2.21. The summed E-state index contributed by atoms with van der Waals surface area (Å²) in [7, 11) is -4.06. The molecule has 0 radical (unpaired) electrons. The highest BCUT2D eigenvalue weighted by molar-refractivity contribution is 7.90. The van der Waals surface area contributed by atoms with Crippen LogP contribution < -0.4 is 0 Å². The van der Waals surface area contributed by atoms with Crippen LogP contribution in [0.2, 0.25) is 25.2 Å². The molecule has 0 rings (SSSR count). The average molecular weight is 247 g/mol. The molecule has 0 aromatic rings. The van der Waals surface area contributed by atoms with Crippen molar-refractivity contribution in [3.8, 4) is 6.07 Å². The second kappa shape index (κ2) is 6.29. The Kier molecular flexibility index (Phi) is 6.14. The molecule has 15 heavy (non-hydrogen) atoms. The van der Waals surface area contributed by atoms with Crippen LogP contribution in [-0.4, -0.2) is 28.5 Å². The van der Waals surface area contributed by atoms with Crippen LogP contribution in [0.4, 0.5) is 0 Å². The fourth-order valence-electron chi connectivity index (χ4n) is 1.58. The zero-order valence-corrected chi connectivity index (χ0v) is 11.7. The molecule has 5 heteroatoms. The molecule has 0 amide bonds. The first kappa shape index (κ1) is 14.7. The average Bonchev–Trinajstić information content (AvgIpc) is 2.01. The highest BCUT2D eigenvalue weighted by atomic mass is 32.2. The predicted octanol–water partition coefficient (Wildman–Crippen LogP) is 2.43. The van der Waals surface area contributed by atoms with Gasteiger partial charge in [0.25, 0.3) is 0 Å². The number of sulfone groups is 1. The molecule has 0 aliphatic rings. The van der Waals surface area contributed by atoms with Crippen LogP contribution in [0.3, 0.4) is 0 Å². The van der Waals surface area contributed by atoms with E-state index in [0.717, 1.165) is 24.9 Å². The van der Waals surface area contributed by atoms with Crippen LogP contribution in [0.15, 0.2) is 0 Å². The van der Waals surface area contributed by atoms with Crippen molar-refractivity contribution in [1.82, 2.24) is 0 Å². The van der Waals surface area contributed by atoms with E-state index in [2.05, 4.69) is 19.2 Å². The molecule has 0 spiro atoms. The topological polar surface area (TPSA) is 57.9 Å². The number of unbranched alkanes of at least 4 members (excludes halogenated alkanes) is 1. The van der Waals surface area contributed by atoms with Gasteiger partial charge < -0.3 is 0 Å². The van der Waals surface area contributed by atoms with Gasteiger partial charge in [0.05, 0.1) is 6.07 Å². The molecule has 0 saturated heterocycles. The number of hydrogen-bond donors (Lipinski definition) is 0. The summed E-state index contributed by atoms with van der Waals surface area (Å²) in [6.07, 6.45) is 3.67. The molecule has 3 nitrogen and oxygen atoms in total. The van der Waals surface area contributed by atoms with Crippen molar-refractivity contribution in [2.24, 2.45) is 0 Å². The zero-order valence-electron chi connectivity index (χ0n) is 9.91. The molecule has 0 aromatic heterocycles. The van der Waals surface area contributed by atoms with Gasteiger partial charge in [0.1, 0.15) is 9.84 Å². The number of nitrogens with zero attached hydrogens (tertiary/aromatic N) is 1. The van der Waals surface area contributed by atoms with E-state index < -0.39 is 17.9 Å². The van der Waals surface area contributed by atoms with Crippen LogP contribution in [-0.2, 0) is 9.84 Å². The van der Waals surface area contributed by atoms with Gasteiger partial charge in [-0.3, -0.25) is 0 Å². The Morgan fingerprint density at radius 1 is 1.20 bits per heavy atom. The monoisotopic (exact) mass is 247 g/mol. The van der Waals surface area contributed by atoms with Gasteiger partial charge in [0.2, 0.25) is 0 Å². The second-order valence-electron chi connectivity index (χ2n) is 4.91. The van der Waals surface area contributed by atoms with Gasteiger partial charge >= 0.3 is 0 Å². The largest absolute Gasteiger partial charge is 0.229 e. The highest BCUT2D eigenvalue weighted by Crippen LogP contribution is 2.20. The van der Waals surface area contributed by atoms with Gasteiger partial charge in [-0.05, 0) is 12.8 Å². The van der Waals surface area contributed by atoms with Crippen LogP contribution in [0.1, 0.15) is 19.3 Å². The summed E-state index contributed by atoms with van der Waals surface area (Å²) in [5, 5.41) is 8.43. The van der Waals surface area contributed by atoms with Crippen molar-refractivity contribution >= 4 is 17.9 Å². The normalized spacial score (nSPS) is 12.4. The number of nitriles is 1. The Balaban J connectivity index is 3.79. The first-order chi connectivity index (χ1) is 6.77. The van der Waals surface area contributed by atoms with Crippen molar-refractivity contribution in [3.63, 3.8) is 0 Å². The summed E-state index contributed by atoms with van der Waals surface area (Å²) in [4.78, 5) is 0. The summed E-state index contributed by atoms with van der Waals surface area (Å²) in [5.74, 6) is 0.307. The van der Waals surface area contributed by atoms with E-state index in [-0.39, 0.29) is 0 Å². The van der Waals surface area contributed by atoms with E-state index in [0.29, 0.717) is 12.2 Å². The van der Waals surface area contributed by atoms with Gasteiger partial charge in [0.15, 0.2) is 0 Å². The standard InChI is InChI=1S/C10H21NO2SSi/c1-14(12,13)8-6-10-15(2,3)9-5-4-7-11/h4-6,8-10H2,1-3H3. The lowest BCUT2D eigenvalue weighted by molar-refractivity contribution is 0.600. The van der Waals surface area contributed by atoms with E-state index in [1.165, 1.54) is 6.26 Å². The molecule has 0 aromatic carbocycles. The molecule has 0 bridgehead atoms. The molecule has 0 N–H and O–H groups in total. The van der Waals surface area contributed by atoms with Gasteiger partial charge in [-0.2, -0.15) is 5.26 Å². The van der Waals surface area contributed by atoms with Crippen molar-refractivity contribution in [2.45, 2.75) is 44.4 Å². The summed E-state index contributed by atoms with van der Waals surface area (Å²) >= 11 is 0. The smallest absolute Gasteiger partial charge is 0.147 e. The third-order valence-electron chi connectivity index (χ3n) is 2.51. The first-order valence-electron chi connectivity index (χ1n) is 5.31. The summed E-state index contributed by atoms with van der Waals surface area (Å²) in [5.41, 5.74) is 0. The minimum Gasteiger partial charge on any atom is -0.229 e. The van der Waals surface area contributed by atoms with Gasteiger partial charge in [-0.1, -0.05) is 25.2 Å². The fraction of sp³-hybridized carbons (Fsp3) is 0.900. The maximum absolute atomic E-state index is 10.9. The Morgan fingerprint density at radius 3 is 2.20 bits per heavy atom. The minimum absolute atomic E-state index is 0.307. The Bertz CT molecular complexity index is 317. The van der Waals surface area contributed by atoms with Gasteiger partial charge in [0, 0.05) is 26.5 Å². The van der Waals surface area contributed by atoms with Crippen molar-refractivity contribution in [2.75, 3.05) is 12.0 Å². The highest BCUT2D eigenvalue weighted by Gasteiger charge is 2.20. The van der Waals surface area contributed by atoms with E-state index in [1.807, 2.05) is 0 Å². The van der Waals surface area contributed by atoms with Crippen LogP contribution in [0.25, 0.3) is 0 Å². The molecule has 0 aliphatic carbocycles. The van der Waals surface area contributed by atoms with Crippen molar-refractivity contribution < 1.29 is 8.42 Å². The Labute approximate surface area is 94.4 Å². The molecular formula is C10H21NO2SSi. The molecular weight excluding hydrogens is 226 g/mol. The molecule has 0 heterocycles. The zero-order chi connectivity index (χ0) is 11.9. The summed E-state index contributed by atoms with van der Waals surface area (Å²) < 4.78 is 21.9. The molecule has 88 valence electrons. The quantitative estimate of drug-likeness (QED) is 0.513. The number of rotatable bonds is 7. The van der Waals surface area contributed by atoms with Crippen LogP contribution in [0, 0.1) is 11.3 Å². The molecule has 0 aliphatic heterocycles. The molecule has 0 unspecified atom stereocenters.